The molecule has 5 heteroatoms. The van der Waals surface area contributed by atoms with Crippen molar-refractivity contribution in [2.45, 2.75) is 66.1 Å². The lowest BCUT2D eigenvalue weighted by atomic mass is 9.91. The zero-order valence-corrected chi connectivity index (χ0v) is 17.4. The number of Topliss-reactive ketones (excluding diaryl/α,β-unsaturated/α-hetero) is 1. The molecule has 1 aromatic rings. The molecule has 3 rings (SSSR count). The fourth-order valence-corrected chi connectivity index (χ4v) is 4.26. The van der Waals surface area contributed by atoms with Gasteiger partial charge in [0.2, 0.25) is 5.91 Å². The maximum atomic E-state index is 12.3. The smallest absolute Gasteiger partial charge is 0.237 e. The van der Waals surface area contributed by atoms with Crippen LogP contribution in [0, 0.1) is 20.8 Å². The predicted octanol–water partition coefficient (Wildman–Crippen LogP) is 2.60. The van der Waals surface area contributed by atoms with E-state index in [-0.39, 0.29) is 17.7 Å². The van der Waals surface area contributed by atoms with Crippen molar-refractivity contribution >= 4 is 11.7 Å². The SMILES string of the molecule is CC(=O)c1c(C)cc(C)c(CN2CCN(C(C)C(=O)NC3CC3)CC2)c1C. The fourth-order valence-electron chi connectivity index (χ4n) is 4.26. The first kappa shape index (κ1) is 20.0. The van der Waals surface area contributed by atoms with Gasteiger partial charge in [0.05, 0.1) is 6.04 Å². The number of amides is 1. The summed E-state index contributed by atoms with van der Waals surface area (Å²) in [6.07, 6.45) is 2.26. The molecule has 1 heterocycles. The van der Waals surface area contributed by atoms with E-state index in [1.54, 1.807) is 6.92 Å². The van der Waals surface area contributed by atoms with Gasteiger partial charge >= 0.3 is 0 Å². The molecule has 0 spiro atoms. The van der Waals surface area contributed by atoms with Crippen molar-refractivity contribution in [3.63, 3.8) is 0 Å². The zero-order valence-electron chi connectivity index (χ0n) is 17.4. The Morgan fingerprint density at radius 1 is 1.11 bits per heavy atom. The molecule has 27 heavy (non-hydrogen) atoms. The molecule has 1 aromatic carbocycles. The maximum Gasteiger partial charge on any atom is 0.237 e. The van der Waals surface area contributed by atoms with E-state index in [9.17, 15) is 9.59 Å². The summed E-state index contributed by atoms with van der Waals surface area (Å²) >= 11 is 0. The van der Waals surface area contributed by atoms with Crippen molar-refractivity contribution in [3.05, 3.63) is 33.9 Å². The van der Waals surface area contributed by atoms with Gasteiger partial charge in [0, 0.05) is 44.3 Å². The first-order chi connectivity index (χ1) is 12.8. The minimum absolute atomic E-state index is 0.0556. The summed E-state index contributed by atoms with van der Waals surface area (Å²) < 4.78 is 0. The van der Waals surface area contributed by atoms with Gasteiger partial charge in [-0.1, -0.05) is 6.07 Å². The van der Waals surface area contributed by atoms with Crippen LogP contribution < -0.4 is 5.32 Å². The molecule has 1 aliphatic carbocycles. The van der Waals surface area contributed by atoms with Gasteiger partial charge in [-0.25, -0.2) is 0 Å². The van der Waals surface area contributed by atoms with Crippen molar-refractivity contribution in [1.82, 2.24) is 15.1 Å². The Bertz CT molecular complexity index is 732. The molecule has 1 unspecified atom stereocenters. The summed E-state index contributed by atoms with van der Waals surface area (Å²) in [6, 6.07) is 2.50. The first-order valence-corrected chi connectivity index (χ1v) is 10.1. The van der Waals surface area contributed by atoms with Crippen LogP contribution in [-0.4, -0.2) is 59.8 Å². The number of piperazine rings is 1. The number of nitrogens with one attached hydrogen (secondary N) is 1. The summed E-state index contributed by atoms with van der Waals surface area (Å²) in [6.45, 7) is 14.5. The van der Waals surface area contributed by atoms with E-state index in [2.05, 4.69) is 35.0 Å². The van der Waals surface area contributed by atoms with Gasteiger partial charge in [-0.05, 0) is 69.7 Å². The van der Waals surface area contributed by atoms with Crippen molar-refractivity contribution in [1.29, 1.82) is 0 Å². The van der Waals surface area contributed by atoms with Crippen LogP contribution >= 0.6 is 0 Å². The number of carbonyl (C=O) groups is 2. The van der Waals surface area contributed by atoms with Gasteiger partial charge in [-0.3, -0.25) is 19.4 Å². The summed E-state index contributed by atoms with van der Waals surface area (Å²) in [5.41, 5.74) is 5.61. The number of hydrogen-bond donors (Lipinski definition) is 1. The molecule has 2 aliphatic rings. The topological polar surface area (TPSA) is 52.7 Å². The first-order valence-electron chi connectivity index (χ1n) is 10.1. The number of aryl methyl sites for hydroxylation is 2. The molecule has 1 amide bonds. The van der Waals surface area contributed by atoms with Crippen molar-refractivity contribution in [3.8, 4) is 0 Å². The Morgan fingerprint density at radius 3 is 2.30 bits per heavy atom. The highest BCUT2D eigenvalue weighted by atomic mass is 16.2. The molecule has 1 atom stereocenters. The molecular weight excluding hydrogens is 338 g/mol. The third-order valence-corrected chi connectivity index (χ3v) is 6.12. The molecule has 1 saturated heterocycles. The average molecular weight is 372 g/mol. The highest BCUT2D eigenvalue weighted by Gasteiger charge is 2.30. The quantitative estimate of drug-likeness (QED) is 0.781. The molecular formula is C22H33N3O2. The molecule has 5 nitrogen and oxygen atoms in total. The number of hydrogen-bond acceptors (Lipinski definition) is 4. The van der Waals surface area contributed by atoms with Gasteiger partial charge in [-0.15, -0.1) is 0 Å². The van der Waals surface area contributed by atoms with E-state index in [1.807, 2.05) is 13.8 Å². The van der Waals surface area contributed by atoms with E-state index < -0.39 is 0 Å². The second-order valence-corrected chi connectivity index (χ2v) is 8.32. The Kier molecular flexibility index (Phi) is 6.02. The van der Waals surface area contributed by atoms with Crippen LogP contribution in [0.3, 0.4) is 0 Å². The largest absolute Gasteiger partial charge is 0.352 e. The number of carbonyl (C=O) groups excluding carboxylic acids is 2. The molecule has 1 saturated carbocycles. The van der Waals surface area contributed by atoms with Gasteiger partial charge in [0.1, 0.15) is 0 Å². The van der Waals surface area contributed by atoms with Crippen LogP contribution in [0.4, 0.5) is 0 Å². The lowest BCUT2D eigenvalue weighted by Crippen LogP contribution is -2.53. The Morgan fingerprint density at radius 2 is 1.74 bits per heavy atom. The summed E-state index contributed by atoms with van der Waals surface area (Å²) in [5, 5.41) is 3.11. The fraction of sp³-hybridized carbons (Fsp3) is 0.636. The second kappa shape index (κ2) is 8.11. The van der Waals surface area contributed by atoms with Crippen LogP contribution in [0.15, 0.2) is 6.07 Å². The van der Waals surface area contributed by atoms with E-state index >= 15 is 0 Å². The summed E-state index contributed by atoms with van der Waals surface area (Å²) in [7, 11) is 0. The number of rotatable bonds is 6. The molecule has 1 aliphatic heterocycles. The lowest BCUT2D eigenvalue weighted by molar-refractivity contribution is -0.126. The third kappa shape index (κ3) is 4.58. The normalized spacial score (nSPS) is 19.7. The summed E-state index contributed by atoms with van der Waals surface area (Å²) in [5.74, 6) is 0.314. The molecule has 148 valence electrons. The van der Waals surface area contributed by atoms with E-state index in [0.717, 1.165) is 62.3 Å². The third-order valence-electron chi connectivity index (χ3n) is 6.12. The van der Waals surface area contributed by atoms with Crippen LogP contribution in [-0.2, 0) is 11.3 Å². The summed E-state index contributed by atoms with van der Waals surface area (Å²) in [4.78, 5) is 29.1. The molecule has 0 radical (unpaired) electrons. The van der Waals surface area contributed by atoms with Gasteiger partial charge in [0.15, 0.2) is 5.78 Å². The standard InChI is InChI=1S/C22H33N3O2/c1-14-12-15(2)21(18(5)26)16(3)20(14)13-24-8-10-25(11-9-24)17(4)22(27)23-19-6-7-19/h12,17,19H,6-11,13H2,1-5H3,(H,23,27). The van der Waals surface area contributed by atoms with E-state index in [1.165, 1.54) is 11.1 Å². The van der Waals surface area contributed by atoms with Crippen molar-refractivity contribution in [2.24, 2.45) is 0 Å². The minimum Gasteiger partial charge on any atom is -0.352 e. The van der Waals surface area contributed by atoms with Gasteiger partial charge < -0.3 is 5.32 Å². The van der Waals surface area contributed by atoms with Gasteiger partial charge in [0.25, 0.3) is 0 Å². The second-order valence-electron chi connectivity index (χ2n) is 8.32. The molecule has 0 aromatic heterocycles. The highest BCUT2D eigenvalue weighted by Crippen LogP contribution is 2.25. The molecule has 1 N–H and O–H groups in total. The maximum absolute atomic E-state index is 12.3. The van der Waals surface area contributed by atoms with Gasteiger partial charge in [-0.2, -0.15) is 0 Å². The Hall–Kier alpha value is -1.72. The average Bonchev–Trinajstić information content (AvgIpc) is 3.42. The molecule has 2 fully saturated rings. The number of ketones is 1. The molecule has 0 bridgehead atoms. The zero-order chi connectivity index (χ0) is 19.7. The van der Waals surface area contributed by atoms with Crippen molar-refractivity contribution in [2.75, 3.05) is 26.2 Å². The van der Waals surface area contributed by atoms with Crippen molar-refractivity contribution < 1.29 is 9.59 Å². The number of nitrogens with zero attached hydrogens (tertiary/aromatic N) is 2. The Labute approximate surface area is 163 Å². The van der Waals surface area contributed by atoms with E-state index in [4.69, 9.17) is 0 Å². The lowest BCUT2D eigenvalue weighted by Gasteiger charge is -2.38. The number of benzene rings is 1. The van der Waals surface area contributed by atoms with Crippen LogP contribution in [0.25, 0.3) is 0 Å². The van der Waals surface area contributed by atoms with Crippen LogP contribution in [0.2, 0.25) is 0 Å². The van der Waals surface area contributed by atoms with E-state index in [0.29, 0.717) is 6.04 Å². The van der Waals surface area contributed by atoms with Crippen LogP contribution in [0.5, 0.6) is 0 Å². The monoisotopic (exact) mass is 371 g/mol. The Balaban J connectivity index is 1.61. The highest BCUT2D eigenvalue weighted by molar-refractivity contribution is 5.97. The minimum atomic E-state index is -0.0556. The van der Waals surface area contributed by atoms with Crippen LogP contribution in [0.1, 0.15) is 59.3 Å². The predicted molar refractivity (Wildman–Crippen MR) is 108 cm³/mol.